The van der Waals surface area contributed by atoms with Gasteiger partial charge in [0.25, 0.3) is 0 Å². The van der Waals surface area contributed by atoms with Crippen molar-refractivity contribution in [2.75, 3.05) is 6.54 Å². The van der Waals surface area contributed by atoms with E-state index in [0.717, 1.165) is 51.4 Å². The van der Waals surface area contributed by atoms with Crippen LogP contribution in [0, 0.1) is 0 Å². The average Bonchev–Trinajstić information content (AvgIpc) is 3.72. The van der Waals surface area contributed by atoms with Crippen molar-refractivity contribution in [1.29, 1.82) is 0 Å². The molecule has 0 aliphatic carbocycles. The van der Waals surface area contributed by atoms with Gasteiger partial charge in [0.1, 0.15) is 0 Å². The number of unbranched alkanes of at least 4 members (excludes halogenated alkanes) is 7. The maximum absolute atomic E-state index is 5.01. The van der Waals surface area contributed by atoms with Crippen LogP contribution in [0.4, 0.5) is 0 Å². The maximum Gasteiger partial charge on any atom is 0.0658 e. The smallest absolute Gasteiger partial charge is 0.0658 e. The summed E-state index contributed by atoms with van der Waals surface area (Å²) < 4.78 is 0. The first-order valence-corrected chi connectivity index (χ1v) is 13.7. The summed E-state index contributed by atoms with van der Waals surface area (Å²) in [7, 11) is 0. The van der Waals surface area contributed by atoms with Crippen LogP contribution >= 0.6 is 0 Å². The number of hydrogen-bond acceptors (Lipinski definition) is 6. The minimum Gasteiger partial charge on any atom is -0.355 e. The van der Waals surface area contributed by atoms with Gasteiger partial charge in [-0.05, 0) is 79.3 Å². The van der Waals surface area contributed by atoms with E-state index in [-0.39, 0.29) is 17.1 Å². The maximum atomic E-state index is 5.01. The first-order chi connectivity index (χ1) is 18.7. The molecule has 1 radical (unpaired) electrons. The van der Waals surface area contributed by atoms with E-state index in [1.54, 1.807) is 0 Å². The monoisotopic (exact) mass is 575 g/mol. The second-order valence-electron chi connectivity index (χ2n) is 9.58. The van der Waals surface area contributed by atoms with E-state index >= 15 is 0 Å². The average molecular weight is 576 g/mol. The van der Waals surface area contributed by atoms with Crippen LogP contribution < -0.4 is 22.3 Å². The Morgan fingerprint density at radius 1 is 0.615 bits per heavy atom. The van der Waals surface area contributed by atoms with Crippen LogP contribution in [0.15, 0.2) is 48.5 Å². The van der Waals surface area contributed by atoms with Gasteiger partial charge < -0.3 is 9.97 Å². The van der Waals surface area contributed by atoms with E-state index in [2.05, 4.69) is 67.6 Å². The van der Waals surface area contributed by atoms with Crippen LogP contribution in [0.25, 0.3) is 46.4 Å². The van der Waals surface area contributed by atoms with Gasteiger partial charge in [-0.2, -0.15) is 11.1 Å². The molecule has 7 N–H and O–H groups in total. The molecule has 3 aromatic heterocycles. The molecule has 0 spiro atoms. The van der Waals surface area contributed by atoms with Crippen LogP contribution in [-0.2, 0) is 17.1 Å². The minimum atomic E-state index is 0. The number of aromatic nitrogens is 4. The van der Waals surface area contributed by atoms with Crippen molar-refractivity contribution in [2.24, 2.45) is 5.84 Å². The Hall–Kier alpha value is -3.04. The zero-order chi connectivity index (χ0) is 26.4. The number of nitrogens with one attached hydrogen (secondary N) is 5. The normalized spacial score (nSPS) is 11.6. The van der Waals surface area contributed by atoms with E-state index in [0.29, 0.717) is 0 Å². The predicted octanol–water partition coefficient (Wildman–Crippen LogP) is 6.25. The molecule has 0 fully saturated rings. The summed E-state index contributed by atoms with van der Waals surface area (Å²) >= 11 is 0. The summed E-state index contributed by atoms with van der Waals surface area (Å²) in [5, 5.41) is 0. The van der Waals surface area contributed by atoms with Crippen molar-refractivity contribution in [1.82, 2.24) is 36.4 Å². The first kappa shape index (κ1) is 30.5. The number of hydrazine groups is 3. The molecular weight excluding hydrogens is 536 g/mol. The van der Waals surface area contributed by atoms with E-state index < -0.39 is 0 Å². The number of aromatic amines is 2. The molecule has 2 aliphatic heterocycles. The fourth-order valence-electron chi connectivity index (χ4n) is 4.40. The molecule has 0 amide bonds. The molecule has 2 aliphatic rings. The van der Waals surface area contributed by atoms with Gasteiger partial charge in [-0.25, -0.2) is 15.4 Å². The van der Waals surface area contributed by atoms with Gasteiger partial charge in [0.2, 0.25) is 0 Å². The molecule has 0 atom stereocenters. The molecule has 3 aromatic rings. The van der Waals surface area contributed by atoms with Crippen LogP contribution in [0.2, 0.25) is 0 Å². The summed E-state index contributed by atoms with van der Waals surface area (Å²) in [4.78, 5) is 16.0. The summed E-state index contributed by atoms with van der Waals surface area (Å²) in [6.45, 7) is 3.23. The summed E-state index contributed by atoms with van der Waals surface area (Å²) in [6.07, 6.45) is 18.9. The molecule has 5 rings (SSSR count). The van der Waals surface area contributed by atoms with Gasteiger partial charge in [0.15, 0.2) is 0 Å². The van der Waals surface area contributed by atoms with Crippen molar-refractivity contribution in [3.63, 3.8) is 0 Å². The van der Waals surface area contributed by atoms with Crippen molar-refractivity contribution in [2.45, 2.75) is 58.3 Å². The Kier molecular flexibility index (Phi) is 13.2. The van der Waals surface area contributed by atoms with Gasteiger partial charge in [-0.15, -0.1) is 0 Å². The molecule has 39 heavy (non-hydrogen) atoms. The number of hydrogen-bond donors (Lipinski definition) is 6. The van der Waals surface area contributed by atoms with Gasteiger partial charge in [0, 0.05) is 45.7 Å². The Morgan fingerprint density at radius 2 is 1.00 bits per heavy atom. The second-order valence-corrected chi connectivity index (χ2v) is 9.58. The summed E-state index contributed by atoms with van der Waals surface area (Å²) in [5.74, 6) is 5.01. The van der Waals surface area contributed by atoms with Gasteiger partial charge >= 0.3 is 0 Å². The van der Waals surface area contributed by atoms with Crippen molar-refractivity contribution < 1.29 is 17.1 Å². The van der Waals surface area contributed by atoms with E-state index in [1.807, 2.05) is 48.6 Å². The molecular formula is C30H40CuN8. The van der Waals surface area contributed by atoms with Crippen molar-refractivity contribution in [3.05, 3.63) is 71.3 Å². The van der Waals surface area contributed by atoms with Crippen LogP contribution in [0.1, 0.15) is 81.1 Å². The molecule has 0 unspecified atom stereocenters. The van der Waals surface area contributed by atoms with Crippen LogP contribution in [-0.4, -0.2) is 26.5 Å². The summed E-state index contributed by atoms with van der Waals surface area (Å²) in [6, 6.07) is 16.4. The SMILES string of the molecule is C1=Cc2cc3ccc(cc4nc(cc5ccc(cc1n2)[nH]5)C=C4)[nH]3.CCCCCCCCCCNNNN.[Cu]. The first-order valence-electron chi connectivity index (χ1n) is 13.7. The minimum absolute atomic E-state index is 0. The number of rotatable bonds is 11. The molecule has 8 nitrogen and oxygen atoms in total. The Bertz CT molecular complexity index is 1190. The molecule has 0 saturated carbocycles. The Balaban J connectivity index is 0.000000245. The third-order valence-electron chi connectivity index (χ3n) is 6.36. The Labute approximate surface area is 241 Å². The quantitative estimate of drug-likeness (QED) is 0.0479. The Morgan fingerprint density at radius 3 is 1.38 bits per heavy atom. The number of nitrogens with zero attached hydrogens (tertiary/aromatic N) is 2. The molecule has 9 heteroatoms. The van der Waals surface area contributed by atoms with Crippen LogP contribution in [0.3, 0.4) is 0 Å². The molecule has 0 aromatic carbocycles. The number of H-pyrrole nitrogens is 2. The van der Waals surface area contributed by atoms with Crippen LogP contribution in [0.5, 0.6) is 0 Å². The zero-order valence-corrected chi connectivity index (χ0v) is 23.5. The van der Waals surface area contributed by atoms with E-state index in [9.17, 15) is 0 Å². The molecule has 5 heterocycles. The van der Waals surface area contributed by atoms with E-state index in [1.165, 1.54) is 51.4 Å². The molecule has 8 bridgehead atoms. The van der Waals surface area contributed by atoms with Crippen molar-refractivity contribution in [3.8, 4) is 0 Å². The van der Waals surface area contributed by atoms with Gasteiger partial charge in [-0.3, -0.25) is 5.84 Å². The second kappa shape index (κ2) is 16.8. The molecule has 0 saturated heterocycles. The molecule has 211 valence electrons. The third-order valence-corrected chi connectivity index (χ3v) is 6.36. The standard InChI is InChI=1S/C20H14N4.C10H26N4.Cu/c1-2-14-10-16-5-6-18(23-16)12-20-8-7-19(24-20)11-17-4-3-15(22-17)9-13(1)21-14;1-2-3-4-5-6-7-8-9-10-12-14-13-11;/h1-12,21,24H;12-14H,2-11H2,1H3;. The fourth-order valence-corrected chi connectivity index (χ4v) is 4.40. The number of fused-ring (bicyclic) bond motifs is 8. The fraction of sp³-hybridized carbons (Fsp3) is 0.333. The third kappa shape index (κ3) is 10.6. The van der Waals surface area contributed by atoms with Gasteiger partial charge in [0.05, 0.1) is 22.8 Å². The predicted molar refractivity (Wildman–Crippen MR) is 160 cm³/mol. The zero-order valence-electron chi connectivity index (χ0n) is 22.6. The summed E-state index contributed by atoms with van der Waals surface area (Å²) in [5.41, 5.74) is 15.8. The van der Waals surface area contributed by atoms with Crippen molar-refractivity contribution >= 4 is 46.4 Å². The largest absolute Gasteiger partial charge is 0.355 e. The van der Waals surface area contributed by atoms with Gasteiger partial charge in [-0.1, -0.05) is 51.9 Å². The van der Waals surface area contributed by atoms with E-state index in [4.69, 9.17) is 5.84 Å². The topological polar surface area (TPSA) is 119 Å². The number of nitrogens with two attached hydrogens (primary N) is 1.